The normalized spacial score (nSPS) is 19.1. The predicted octanol–water partition coefficient (Wildman–Crippen LogP) is 1.81. The highest BCUT2D eigenvalue weighted by atomic mass is 19.3. The summed E-state index contributed by atoms with van der Waals surface area (Å²) < 4.78 is 24.5. The number of rotatable bonds is 2. The zero-order chi connectivity index (χ0) is 9.97. The molecule has 0 saturated carbocycles. The van der Waals surface area contributed by atoms with Crippen molar-refractivity contribution in [2.24, 2.45) is 0 Å². The summed E-state index contributed by atoms with van der Waals surface area (Å²) in [5.74, 6) is 0.333. The minimum absolute atomic E-state index is 0.0708. The molecule has 1 saturated heterocycles. The van der Waals surface area contributed by atoms with Crippen molar-refractivity contribution in [2.75, 3.05) is 13.1 Å². The highest BCUT2D eigenvalue weighted by Crippen LogP contribution is 2.26. The number of hydrogen-bond donors (Lipinski definition) is 2. The molecule has 0 bridgehead atoms. The molecule has 1 aliphatic rings. The highest BCUT2D eigenvalue weighted by Gasteiger charge is 2.19. The number of alkyl halides is 2. The maximum Gasteiger partial charge on any atom is 0.279 e. The summed E-state index contributed by atoms with van der Waals surface area (Å²) in [4.78, 5) is 0. The predicted molar refractivity (Wildman–Crippen MR) is 48.4 cm³/mol. The Morgan fingerprint density at radius 2 is 2.07 bits per heavy atom. The van der Waals surface area contributed by atoms with E-state index in [9.17, 15) is 8.78 Å². The van der Waals surface area contributed by atoms with Crippen molar-refractivity contribution in [2.45, 2.75) is 25.2 Å². The van der Waals surface area contributed by atoms with Crippen LogP contribution in [0.4, 0.5) is 8.78 Å². The number of aromatic nitrogens is 2. The molecule has 2 heterocycles. The van der Waals surface area contributed by atoms with E-state index in [4.69, 9.17) is 0 Å². The van der Waals surface area contributed by atoms with Crippen LogP contribution in [0.15, 0.2) is 6.07 Å². The summed E-state index contributed by atoms with van der Waals surface area (Å²) >= 11 is 0. The first-order valence-electron chi connectivity index (χ1n) is 4.81. The van der Waals surface area contributed by atoms with E-state index in [0.29, 0.717) is 5.92 Å². The molecule has 2 rings (SSSR count). The molecule has 2 N–H and O–H groups in total. The van der Waals surface area contributed by atoms with Gasteiger partial charge in [-0.05, 0) is 32.0 Å². The van der Waals surface area contributed by atoms with Crippen LogP contribution in [-0.4, -0.2) is 23.3 Å². The third-order valence-electron chi connectivity index (χ3n) is 2.61. The second kappa shape index (κ2) is 4.04. The summed E-state index contributed by atoms with van der Waals surface area (Å²) in [5, 5.41) is 9.54. The molecule has 3 nitrogen and oxygen atoms in total. The Bertz CT molecular complexity index is 292. The third kappa shape index (κ3) is 1.92. The van der Waals surface area contributed by atoms with Crippen LogP contribution >= 0.6 is 0 Å². The standard InChI is InChI=1S/C9H13F2N3/c10-9(11)8-5-7(13-14-8)6-1-3-12-4-2-6/h5-6,9,12H,1-4H2,(H,13,14). The van der Waals surface area contributed by atoms with Crippen molar-refractivity contribution < 1.29 is 8.78 Å². The average molecular weight is 201 g/mol. The van der Waals surface area contributed by atoms with Gasteiger partial charge in [0, 0.05) is 5.92 Å². The Hall–Kier alpha value is -0.970. The van der Waals surface area contributed by atoms with Gasteiger partial charge < -0.3 is 5.32 Å². The molecule has 0 aliphatic carbocycles. The van der Waals surface area contributed by atoms with Crippen LogP contribution in [0, 0.1) is 0 Å². The van der Waals surface area contributed by atoms with E-state index in [1.165, 1.54) is 6.07 Å². The Balaban J connectivity index is 2.07. The van der Waals surface area contributed by atoms with Gasteiger partial charge in [-0.15, -0.1) is 0 Å². The van der Waals surface area contributed by atoms with Crippen LogP contribution < -0.4 is 5.32 Å². The number of nitrogens with one attached hydrogen (secondary N) is 2. The molecule has 1 aliphatic heterocycles. The molecule has 1 aromatic rings. The number of piperidine rings is 1. The zero-order valence-electron chi connectivity index (χ0n) is 7.76. The fourth-order valence-electron chi connectivity index (χ4n) is 1.79. The SMILES string of the molecule is FC(F)c1cc(C2CCNCC2)n[nH]1. The summed E-state index contributed by atoms with van der Waals surface area (Å²) in [6.45, 7) is 1.89. The number of H-pyrrole nitrogens is 1. The average Bonchev–Trinajstić information content (AvgIpc) is 2.68. The molecule has 0 amide bonds. The lowest BCUT2D eigenvalue weighted by atomic mass is 9.95. The lowest BCUT2D eigenvalue weighted by Gasteiger charge is -2.20. The van der Waals surface area contributed by atoms with Crippen molar-refractivity contribution in [3.8, 4) is 0 Å². The van der Waals surface area contributed by atoms with E-state index in [1.54, 1.807) is 0 Å². The molecule has 14 heavy (non-hydrogen) atoms. The van der Waals surface area contributed by atoms with E-state index < -0.39 is 6.43 Å². The Labute approximate surface area is 80.9 Å². The fraction of sp³-hybridized carbons (Fsp3) is 0.667. The second-order valence-corrected chi connectivity index (χ2v) is 3.57. The monoisotopic (exact) mass is 201 g/mol. The van der Waals surface area contributed by atoms with E-state index in [2.05, 4.69) is 15.5 Å². The Morgan fingerprint density at radius 3 is 2.64 bits per heavy atom. The first-order valence-corrected chi connectivity index (χ1v) is 4.81. The van der Waals surface area contributed by atoms with Gasteiger partial charge in [0.1, 0.15) is 5.69 Å². The largest absolute Gasteiger partial charge is 0.317 e. The smallest absolute Gasteiger partial charge is 0.279 e. The van der Waals surface area contributed by atoms with Crippen molar-refractivity contribution in [3.05, 3.63) is 17.5 Å². The Morgan fingerprint density at radius 1 is 1.36 bits per heavy atom. The Kier molecular flexibility index (Phi) is 2.77. The van der Waals surface area contributed by atoms with E-state index in [-0.39, 0.29) is 5.69 Å². The summed E-state index contributed by atoms with van der Waals surface area (Å²) in [6, 6.07) is 1.49. The molecule has 5 heteroatoms. The fourth-order valence-corrected chi connectivity index (χ4v) is 1.79. The lowest BCUT2D eigenvalue weighted by molar-refractivity contribution is 0.146. The van der Waals surface area contributed by atoms with Crippen molar-refractivity contribution in [1.82, 2.24) is 15.5 Å². The second-order valence-electron chi connectivity index (χ2n) is 3.57. The van der Waals surface area contributed by atoms with Gasteiger partial charge in [-0.25, -0.2) is 8.78 Å². The number of aromatic amines is 1. The van der Waals surface area contributed by atoms with Gasteiger partial charge in [-0.3, -0.25) is 5.10 Å². The zero-order valence-corrected chi connectivity index (χ0v) is 7.76. The molecule has 0 atom stereocenters. The van der Waals surface area contributed by atoms with Crippen LogP contribution in [0.2, 0.25) is 0 Å². The molecule has 0 unspecified atom stereocenters. The van der Waals surface area contributed by atoms with E-state index >= 15 is 0 Å². The van der Waals surface area contributed by atoms with E-state index in [1.807, 2.05) is 0 Å². The molecule has 1 fully saturated rings. The molecular weight excluding hydrogens is 188 g/mol. The summed E-state index contributed by atoms with van der Waals surface area (Å²) in [6.07, 6.45) is -0.487. The lowest BCUT2D eigenvalue weighted by Crippen LogP contribution is -2.26. The molecule has 1 aromatic heterocycles. The summed E-state index contributed by atoms with van der Waals surface area (Å²) in [5.41, 5.74) is 0.709. The molecule has 0 radical (unpaired) electrons. The van der Waals surface area contributed by atoms with Crippen molar-refractivity contribution >= 4 is 0 Å². The first kappa shape index (κ1) is 9.58. The van der Waals surface area contributed by atoms with Crippen molar-refractivity contribution in [3.63, 3.8) is 0 Å². The quantitative estimate of drug-likeness (QED) is 0.766. The maximum atomic E-state index is 12.3. The van der Waals surface area contributed by atoms with Gasteiger partial charge >= 0.3 is 0 Å². The number of halogens is 2. The third-order valence-corrected chi connectivity index (χ3v) is 2.61. The molecule has 0 aromatic carbocycles. The van der Waals surface area contributed by atoms with Crippen LogP contribution in [0.3, 0.4) is 0 Å². The van der Waals surface area contributed by atoms with Gasteiger partial charge in [0.2, 0.25) is 0 Å². The minimum atomic E-state index is -2.45. The van der Waals surface area contributed by atoms with Gasteiger partial charge in [-0.2, -0.15) is 5.10 Å². The molecule has 0 spiro atoms. The first-order chi connectivity index (χ1) is 6.77. The van der Waals surface area contributed by atoms with Crippen molar-refractivity contribution in [1.29, 1.82) is 0 Å². The van der Waals surface area contributed by atoms with E-state index in [0.717, 1.165) is 31.6 Å². The van der Waals surface area contributed by atoms with Gasteiger partial charge in [0.25, 0.3) is 6.43 Å². The molecule has 78 valence electrons. The van der Waals surface area contributed by atoms with Gasteiger partial charge in [-0.1, -0.05) is 0 Å². The minimum Gasteiger partial charge on any atom is -0.317 e. The highest BCUT2D eigenvalue weighted by molar-refractivity contribution is 5.14. The maximum absolute atomic E-state index is 12.3. The summed E-state index contributed by atoms with van der Waals surface area (Å²) in [7, 11) is 0. The van der Waals surface area contributed by atoms with Crippen LogP contribution in [0.5, 0.6) is 0 Å². The number of hydrogen-bond acceptors (Lipinski definition) is 2. The van der Waals surface area contributed by atoms with Crippen LogP contribution in [-0.2, 0) is 0 Å². The van der Waals surface area contributed by atoms with Gasteiger partial charge in [0.05, 0.1) is 5.69 Å². The molecular formula is C9H13F2N3. The van der Waals surface area contributed by atoms with Crippen LogP contribution in [0.1, 0.15) is 36.6 Å². The van der Waals surface area contributed by atoms with Gasteiger partial charge in [0.15, 0.2) is 0 Å². The van der Waals surface area contributed by atoms with Crippen LogP contribution in [0.25, 0.3) is 0 Å². The number of nitrogens with zero attached hydrogens (tertiary/aromatic N) is 1. The topological polar surface area (TPSA) is 40.7 Å².